The fraction of sp³-hybridized carbons (Fsp3) is 0.325. The maximum Gasteiger partial charge on any atom is 0.303 e. The van der Waals surface area contributed by atoms with Gasteiger partial charge < -0.3 is 23.7 Å². The number of nitrogens with one attached hydrogen (secondary N) is 1. The first kappa shape index (κ1) is 41.5. The zero-order valence-corrected chi connectivity index (χ0v) is 33.4. The normalized spacial score (nSPS) is 15.2. The predicted octanol–water partition coefficient (Wildman–Crippen LogP) is 5.78. The number of aromatic nitrogens is 5. The molecule has 0 saturated carbocycles. The van der Waals surface area contributed by atoms with E-state index in [1.807, 2.05) is 18.2 Å². The standard InChI is InChI=1S/C40H37Cl2N5O11/c1-19(48)54-18-30(55-20(2)49)34(56-21(3)50)35(57-22(4)51)36(58-23(5)52)38-45-46-40-44-37-32(39(53)47(38)40)31(25-11-15-28(42)16-12-25)29-8-6-7-26(33(29)43-37)17-24-9-13-27(41)14-10-24/h9-17,30,34-36H,6-8,18H2,1-5H3,(H,43,44,46)/b26-17+/t30-,34-,35+,36+/m1/s1. The molecule has 0 bridgehead atoms. The zero-order chi connectivity index (χ0) is 41.8. The Labute approximate surface area is 340 Å². The number of rotatable bonds is 12. The lowest BCUT2D eigenvalue weighted by molar-refractivity contribution is -0.204. The molecule has 58 heavy (non-hydrogen) atoms. The number of aromatic amines is 1. The lowest BCUT2D eigenvalue weighted by Gasteiger charge is -2.34. The Kier molecular flexibility index (Phi) is 12.6. The van der Waals surface area contributed by atoms with Gasteiger partial charge in [-0.2, -0.15) is 10.1 Å². The van der Waals surface area contributed by atoms with Gasteiger partial charge in [0.05, 0.1) is 11.1 Å². The highest BCUT2D eigenvalue weighted by molar-refractivity contribution is 6.31. The monoisotopic (exact) mass is 833 g/mol. The number of allylic oxidation sites excluding steroid dienone is 1. The maximum absolute atomic E-state index is 15.1. The van der Waals surface area contributed by atoms with Gasteiger partial charge >= 0.3 is 29.8 Å². The van der Waals surface area contributed by atoms with Crippen molar-refractivity contribution in [3.63, 3.8) is 0 Å². The quantitative estimate of drug-likeness (QED) is 0.117. The number of benzene rings is 2. The van der Waals surface area contributed by atoms with Crippen LogP contribution in [0.1, 0.15) is 76.2 Å². The Morgan fingerprint density at radius 2 is 1.38 bits per heavy atom. The molecule has 5 aromatic rings. The molecule has 0 radical (unpaired) electrons. The minimum Gasteiger partial charge on any atom is -0.462 e. The average Bonchev–Trinajstić information content (AvgIpc) is 3.58. The first-order valence-electron chi connectivity index (χ1n) is 18.0. The zero-order valence-electron chi connectivity index (χ0n) is 31.9. The number of nitrogens with zero attached hydrogens (tertiary/aromatic N) is 4. The summed E-state index contributed by atoms with van der Waals surface area (Å²) in [5.74, 6) is -4.95. The summed E-state index contributed by atoms with van der Waals surface area (Å²) in [6.45, 7) is 4.59. The highest BCUT2D eigenvalue weighted by Crippen LogP contribution is 2.40. The van der Waals surface area contributed by atoms with Gasteiger partial charge in [-0.15, -0.1) is 0 Å². The highest BCUT2D eigenvalue weighted by Gasteiger charge is 2.46. The molecule has 0 aliphatic heterocycles. The van der Waals surface area contributed by atoms with E-state index >= 15 is 4.79 Å². The van der Waals surface area contributed by atoms with E-state index < -0.39 is 66.4 Å². The summed E-state index contributed by atoms with van der Waals surface area (Å²) in [6, 6.07) is 14.3. The van der Waals surface area contributed by atoms with Crippen molar-refractivity contribution in [1.82, 2.24) is 24.6 Å². The van der Waals surface area contributed by atoms with Crippen LogP contribution in [0, 0.1) is 0 Å². The number of carbonyl (C=O) groups excluding carboxylic acids is 5. The van der Waals surface area contributed by atoms with Crippen molar-refractivity contribution in [2.24, 2.45) is 0 Å². The predicted molar refractivity (Wildman–Crippen MR) is 209 cm³/mol. The second-order valence-electron chi connectivity index (χ2n) is 13.4. The van der Waals surface area contributed by atoms with Gasteiger partial charge in [0.2, 0.25) is 11.9 Å². The molecule has 6 rings (SSSR count). The smallest absolute Gasteiger partial charge is 0.303 e. The molecule has 0 unspecified atom stereocenters. The molecule has 3 heterocycles. The molecular weight excluding hydrogens is 797 g/mol. The molecule has 0 saturated heterocycles. The van der Waals surface area contributed by atoms with E-state index in [1.54, 1.807) is 36.4 Å². The Hall–Kier alpha value is -6.13. The van der Waals surface area contributed by atoms with E-state index in [1.165, 1.54) is 0 Å². The van der Waals surface area contributed by atoms with Crippen LogP contribution in [0.3, 0.4) is 0 Å². The number of ether oxygens (including phenoxy) is 5. The molecule has 0 spiro atoms. The lowest BCUT2D eigenvalue weighted by atomic mass is 9.84. The van der Waals surface area contributed by atoms with Crippen LogP contribution in [0.2, 0.25) is 10.0 Å². The van der Waals surface area contributed by atoms with E-state index in [2.05, 4.69) is 10.2 Å². The van der Waals surface area contributed by atoms with Gasteiger partial charge in [0, 0.05) is 50.2 Å². The van der Waals surface area contributed by atoms with Crippen molar-refractivity contribution in [2.45, 2.75) is 78.3 Å². The SMILES string of the molecule is CC(=O)OC[C@@H](OC(C)=O)[C@@H](OC(C)=O)[C@H](OC(C)=O)[C@H](OC(C)=O)c1n[nH]c2nc3nc4c(c(-c5ccc(Cl)cc5)c3c(=O)n12)CCC/C4=C\c1ccc(Cl)cc1. The van der Waals surface area contributed by atoms with E-state index in [4.69, 9.17) is 56.9 Å². The minimum atomic E-state index is -1.85. The van der Waals surface area contributed by atoms with Crippen LogP contribution in [0.25, 0.3) is 39.6 Å². The van der Waals surface area contributed by atoms with Crippen LogP contribution in [-0.4, -0.2) is 79.3 Å². The van der Waals surface area contributed by atoms with Crippen molar-refractivity contribution in [3.05, 3.63) is 91.6 Å². The highest BCUT2D eigenvalue weighted by atomic mass is 35.5. The van der Waals surface area contributed by atoms with Crippen molar-refractivity contribution >= 4 is 81.5 Å². The topological polar surface area (TPSA) is 207 Å². The molecule has 302 valence electrons. The number of hydrogen-bond acceptors (Lipinski definition) is 14. The number of hydrogen-bond donors (Lipinski definition) is 1. The van der Waals surface area contributed by atoms with E-state index in [9.17, 15) is 24.0 Å². The van der Waals surface area contributed by atoms with Gasteiger partial charge in [-0.1, -0.05) is 47.5 Å². The van der Waals surface area contributed by atoms with Gasteiger partial charge in [-0.25, -0.2) is 14.5 Å². The molecule has 1 aliphatic rings. The van der Waals surface area contributed by atoms with E-state index in [0.717, 1.165) is 62.1 Å². The number of halogens is 2. The fourth-order valence-corrected chi connectivity index (χ4v) is 7.15. The summed E-state index contributed by atoms with van der Waals surface area (Å²) < 4.78 is 28.4. The third-order valence-electron chi connectivity index (χ3n) is 9.05. The Bertz CT molecular complexity index is 2520. The summed E-state index contributed by atoms with van der Waals surface area (Å²) >= 11 is 12.5. The first-order valence-corrected chi connectivity index (χ1v) is 18.7. The van der Waals surface area contributed by atoms with Gasteiger partial charge in [-0.3, -0.25) is 28.8 Å². The van der Waals surface area contributed by atoms with Crippen LogP contribution < -0.4 is 5.56 Å². The van der Waals surface area contributed by atoms with Crippen LogP contribution >= 0.6 is 23.2 Å². The molecule has 4 atom stereocenters. The van der Waals surface area contributed by atoms with Crippen LogP contribution in [-0.2, 0) is 54.1 Å². The summed E-state index contributed by atoms with van der Waals surface area (Å²) in [5.41, 5.74) is 3.80. The van der Waals surface area contributed by atoms with Gasteiger partial charge in [0.25, 0.3) is 5.56 Å². The molecule has 0 fully saturated rings. The van der Waals surface area contributed by atoms with E-state index in [-0.39, 0.29) is 22.6 Å². The summed E-state index contributed by atoms with van der Waals surface area (Å²) in [5, 5.41) is 8.15. The fourth-order valence-electron chi connectivity index (χ4n) is 6.90. The van der Waals surface area contributed by atoms with Crippen molar-refractivity contribution < 1.29 is 47.7 Å². The largest absolute Gasteiger partial charge is 0.462 e. The van der Waals surface area contributed by atoms with Crippen molar-refractivity contribution in [3.8, 4) is 11.1 Å². The molecule has 1 N–H and O–H groups in total. The number of pyridine rings is 1. The molecule has 0 amide bonds. The van der Waals surface area contributed by atoms with E-state index in [0.29, 0.717) is 39.7 Å². The van der Waals surface area contributed by atoms with Gasteiger partial charge in [0.1, 0.15) is 6.61 Å². The van der Waals surface area contributed by atoms with Gasteiger partial charge in [-0.05, 0) is 71.9 Å². The average molecular weight is 835 g/mol. The van der Waals surface area contributed by atoms with Gasteiger partial charge in [0.15, 0.2) is 29.8 Å². The third kappa shape index (κ3) is 9.19. The molecule has 18 heteroatoms. The Balaban J connectivity index is 1.63. The van der Waals surface area contributed by atoms with Crippen LogP contribution in [0.15, 0.2) is 53.3 Å². The van der Waals surface area contributed by atoms with Crippen LogP contribution in [0.5, 0.6) is 0 Å². The second-order valence-corrected chi connectivity index (χ2v) is 14.3. The summed E-state index contributed by atoms with van der Waals surface area (Å²) in [6.07, 6.45) is -3.06. The lowest BCUT2D eigenvalue weighted by Crippen LogP contribution is -2.50. The molecular formula is C40H37Cl2N5O11. The molecule has 2 aromatic carbocycles. The molecule has 16 nitrogen and oxygen atoms in total. The maximum atomic E-state index is 15.1. The molecule has 3 aromatic heterocycles. The van der Waals surface area contributed by atoms with Crippen molar-refractivity contribution in [1.29, 1.82) is 0 Å². The number of carbonyl (C=O) groups is 5. The van der Waals surface area contributed by atoms with Crippen LogP contribution in [0.4, 0.5) is 0 Å². The minimum absolute atomic E-state index is 0.0717. The third-order valence-corrected chi connectivity index (χ3v) is 9.55. The summed E-state index contributed by atoms with van der Waals surface area (Å²) in [7, 11) is 0. The Morgan fingerprint density at radius 3 is 1.98 bits per heavy atom. The number of fused-ring (bicyclic) bond motifs is 3. The Morgan fingerprint density at radius 1 is 0.776 bits per heavy atom. The molecule has 1 aliphatic carbocycles. The second kappa shape index (κ2) is 17.6. The summed E-state index contributed by atoms with van der Waals surface area (Å²) in [4.78, 5) is 86.9. The van der Waals surface area contributed by atoms with Crippen molar-refractivity contribution in [2.75, 3.05) is 6.61 Å². The number of esters is 5. The number of H-pyrrole nitrogens is 1. The first-order chi connectivity index (χ1) is 27.6.